The van der Waals surface area contributed by atoms with Crippen LogP contribution < -0.4 is 10.6 Å². The minimum Gasteiger partial charge on any atom is -0.482 e. The standard InChI is InChI=1S/C35H55N3O6S2/c1-8-12-27(13-10-11-14-31(45)44-35(5,6)7)16-15-26(9-2)21-30-38-29(23-46-30)33(40)36-24(3)32(39)37-25(4)34(41)43-22-28-17-19-42-20-18-28/h23,26-28H,3-4,8-22H2,1-2,5-7H3,(H,36,40)(H,37,39). The van der Waals surface area contributed by atoms with Gasteiger partial charge in [-0.2, -0.15) is 0 Å². The van der Waals surface area contributed by atoms with E-state index in [2.05, 4.69) is 42.6 Å². The van der Waals surface area contributed by atoms with Gasteiger partial charge in [-0.3, -0.25) is 9.59 Å². The average Bonchev–Trinajstić information content (AvgIpc) is 3.48. The Balaban J connectivity index is 1.76. The van der Waals surface area contributed by atoms with Crippen LogP contribution in [-0.4, -0.2) is 53.2 Å². The van der Waals surface area contributed by atoms with Crippen molar-refractivity contribution in [2.75, 3.05) is 19.8 Å². The number of ether oxygens (including phenoxy) is 3. The molecule has 1 aliphatic rings. The molecule has 1 aliphatic heterocycles. The minimum absolute atomic E-state index is 0.213. The van der Waals surface area contributed by atoms with Crippen LogP contribution in [0.3, 0.4) is 0 Å². The highest BCUT2D eigenvalue weighted by molar-refractivity contribution is 7.80. The smallest absolute Gasteiger partial charge is 0.354 e. The van der Waals surface area contributed by atoms with Crippen LogP contribution in [0.1, 0.15) is 121 Å². The van der Waals surface area contributed by atoms with Gasteiger partial charge in [-0.1, -0.05) is 65.5 Å². The lowest BCUT2D eigenvalue weighted by atomic mass is 9.87. The van der Waals surface area contributed by atoms with E-state index >= 15 is 0 Å². The first kappa shape index (κ1) is 39.5. The monoisotopic (exact) mass is 677 g/mol. The maximum absolute atomic E-state index is 12.8. The average molecular weight is 678 g/mol. The molecule has 2 N–H and O–H groups in total. The molecule has 46 heavy (non-hydrogen) atoms. The van der Waals surface area contributed by atoms with Crippen molar-refractivity contribution in [1.82, 2.24) is 15.6 Å². The Hall–Kier alpha value is -2.63. The Kier molecular flexibility index (Phi) is 17.7. The van der Waals surface area contributed by atoms with Gasteiger partial charge in [0.1, 0.15) is 17.0 Å². The van der Waals surface area contributed by atoms with Gasteiger partial charge in [0.2, 0.25) is 0 Å². The van der Waals surface area contributed by atoms with Gasteiger partial charge >= 0.3 is 5.97 Å². The van der Waals surface area contributed by atoms with E-state index in [0.717, 1.165) is 56.4 Å². The summed E-state index contributed by atoms with van der Waals surface area (Å²) in [4.78, 5) is 42.1. The molecule has 1 aromatic rings. The molecule has 258 valence electrons. The molecule has 2 atom stereocenters. The number of hydrogen-bond acceptors (Lipinski definition) is 9. The van der Waals surface area contributed by atoms with Crippen molar-refractivity contribution in [3.8, 4) is 0 Å². The summed E-state index contributed by atoms with van der Waals surface area (Å²) in [5.74, 6) is -0.600. The molecule has 2 amide bonds. The van der Waals surface area contributed by atoms with Gasteiger partial charge in [0.25, 0.3) is 11.8 Å². The molecule has 1 saturated heterocycles. The molecule has 1 fully saturated rings. The summed E-state index contributed by atoms with van der Waals surface area (Å²) in [6.45, 7) is 19.3. The fourth-order valence-electron chi connectivity index (χ4n) is 5.33. The zero-order valence-electron chi connectivity index (χ0n) is 28.5. The van der Waals surface area contributed by atoms with Crippen LogP contribution in [0, 0.1) is 17.8 Å². The van der Waals surface area contributed by atoms with Crippen LogP contribution in [0.2, 0.25) is 0 Å². The molecule has 0 radical (unpaired) electrons. The Bertz CT molecular complexity index is 1170. The first-order chi connectivity index (χ1) is 21.8. The van der Waals surface area contributed by atoms with Crippen LogP contribution in [0.5, 0.6) is 0 Å². The molecule has 0 spiro atoms. The van der Waals surface area contributed by atoms with Gasteiger partial charge in [-0.05, 0) is 76.4 Å². The Morgan fingerprint density at radius 2 is 1.74 bits per heavy atom. The van der Waals surface area contributed by atoms with Crippen LogP contribution in [0.25, 0.3) is 0 Å². The quantitative estimate of drug-likeness (QED) is 0.0633. The summed E-state index contributed by atoms with van der Waals surface area (Å²) in [5.41, 5.74) is -0.431. The lowest BCUT2D eigenvalue weighted by molar-refractivity contribution is -0.142. The molecule has 11 heteroatoms. The van der Waals surface area contributed by atoms with Crippen molar-refractivity contribution in [3.63, 3.8) is 0 Å². The number of unbranched alkanes of at least 4 members (excludes halogenated alkanes) is 1. The van der Waals surface area contributed by atoms with Gasteiger partial charge in [0.15, 0.2) is 5.05 Å². The van der Waals surface area contributed by atoms with E-state index < -0.39 is 17.8 Å². The normalized spacial score (nSPS) is 15.0. The van der Waals surface area contributed by atoms with Crippen LogP contribution in [0.15, 0.2) is 29.9 Å². The molecule has 0 saturated carbocycles. The minimum atomic E-state index is -0.745. The third-order valence-corrected chi connectivity index (χ3v) is 9.17. The largest absolute Gasteiger partial charge is 0.482 e. The van der Waals surface area contributed by atoms with E-state index in [1.165, 1.54) is 37.0 Å². The topological polar surface area (TPSA) is 116 Å². The van der Waals surface area contributed by atoms with Crippen LogP contribution >= 0.6 is 23.6 Å². The molecule has 0 aliphatic carbocycles. The molecule has 2 rings (SSSR count). The first-order valence-corrected chi connectivity index (χ1v) is 18.0. The first-order valence-electron chi connectivity index (χ1n) is 16.7. The van der Waals surface area contributed by atoms with Crippen molar-refractivity contribution in [2.24, 2.45) is 17.8 Å². The number of amides is 2. The summed E-state index contributed by atoms with van der Waals surface area (Å²) in [6.07, 6.45) is 12.4. The van der Waals surface area contributed by atoms with E-state index in [1.54, 1.807) is 5.38 Å². The second kappa shape index (κ2) is 20.6. The second-order valence-corrected chi connectivity index (χ2v) is 14.6. The van der Waals surface area contributed by atoms with E-state index in [4.69, 9.17) is 26.4 Å². The molecule has 0 aromatic carbocycles. The summed E-state index contributed by atoms with van der Waals surface area (Å²) in [5, 5.41) is 8.12. The number of thiazole rings is 1. The highest BCUT2D eigenvalue weighted by Crippen LogP contribution is 2.27. The number of esters is 1. The summed E-state index contributed by atoms with van der Waals surface area (Å²) < 4.78 is 16.4. The fourth-order valence-corrected chi connectivity index (χ4v) is 6.61. The maximum atomic E-state index is 12.8. The van der Waals surface area contributed by atoms with Crippen LogP contribution in [0.4, 0.5) is 0 Å². The summed E-state index contributed by atoms with van der Waals surface area (Å²) in [7, 11) is 0. The molecule has 2 unspecified atom stereocenters. The zero-order valence-corrected chi connectivity index (χ0v) is 30.2. The van der Waals surface area contributed by atoms with Gasteiger partial charge in [0, 0.05) is 31.4 Å². The highest BCUT2D eigenvalue weighted by atomic mass is 32.1. The predicted octanol–water partition coefficient (Wildman–Crippen LogP) is 7.45. The van der Waals surface area contributed by atoms with Gasteiger partial charge in [-0.25, -0.2) is 9.78 Å². The van der Waals surface area contributed by atoms with Crippen molar-refractivity contribution < 1.29 is 28.6 Å². The third-order valence-electron chi connectivity index (χ3n) is 8.01. The number of nitrogens with zero attached hydrogens (tertiary/aromatic N) is 1. The highest BCUT2D eigenvalue weighted by Gasteiger charge is 2.21. The molecule has 1 aromatic heterocycles. The Labute approximate surface area is 285 Å². The number of carbonyl (C=O) groups excluding carboxylic acids is 3. The summed E-state index contributed by atoms with van der Waals surface area (Å²) in [6, 6.07) is 0. The second-order valence-electron chi connectivity index (χ2n) is 13.2. The molecule has 0 bridgehead atoms. The Morgan fingerprint density at radius 3 is 2.39 bits per heavy atom. The molecule has 9 nitrogen and oxygen atoms in total. The van der Waals surface area contributed by atoms with Crippen molar-refractivity contribution in [1.29, 1.82) is 0 Å². The molecular weight excluding hydrogens is 623 g/mol. The third kappa shape index (κ3) is 15.8. The molecule has 2 heterocycles. The van der Waals surface area contributed by atoms with E-state index in [1.807, 2.05) is 20.8 Å². The van der Waals surface area contributed by atoms with Gasteiger partial charge < -0.3 is 24.8 Å². The predicted molar refractivity (Wildman–Crippen MR) is 188 cm³/mol. The Morgan fingerprint density at radius 1 is 1.04 bits per heavy atom. The van der Waals surface area contributed by atoms with E-state index in [9.17, 15) is 14.4 Å². The summed E-state index contributed by atoms with van der Waals surface area (Å²) >= 11 is 6.85. The van der Waals surface area contributed by atoms with Gasteiger partial charge in [-0.15, -0.1) is 11.3 Å². The number of thiocarbonyl (C=S) groups is 1. The van der Waals surface area contributed by atoms with E-state index in [-0.39, 0.29) is 35.2 Å². The maximum Gasteiger partial charge on any atom is 0.354 e. The number of hydrogen-bond donors (Lipinski definition) is 2. The lowest BCUT2D eigenvalue weighted by Crippen LogP contribution is -2.36. The lowest BCUT2D eigenvalue weighted by Gasteiger charge is -2.22. The number of carbonyl (C=O) groups is 3. The zero-order chi connectivity index (χ0) is 34.1. The SMILES string of the molecule is C=C(NC(=O)c1csc(CC(CC)CCC(CCC)CCCCC(=S)OC(C)(C)C)n1)C(=O)NC(=C)C(=O)OCC1CCOCC1. The number of aromatic nitrogens is 1. The van der Waals surface area contributed by atoms with Crippen LogP contribution in [-0.2, 0) is 30.2 Å². The molecular formula is C35H55N3O6S2. The number of nitrogens with one attached hydrogen (secondary N) is 2. The number of rotatable bonds is 20. The van der Waals surface area contributed by atoms with Crippen molar-refractivity contribution in [2.45, 2.75) is 117 Å². The van der Waals surface area contributed by atoms with Crippen molar-refractivity contribution >= 4 is 46.4 Å². The van der Waals surface area contributed by atoms with Gasteiger partial charge in [0.05, 0.1) is 17.3 Å². The van der Waals surface area contributed by atoms with Crippen molar-refractivity contribution in [3.05, 3.63) is 40.6 Å². The van der Waals surface area contributed by atoms with E-state index in [0.29, 0.717) is 30.1 Å². The fraction of sp³-hybridized carbons (Fsp3) is 0.686.